The molecule has 0 saturated carbocycles. The van der Waals surface area contributed by atoms with E-state index >= 15 is 0 Å². The third-order valence-corrected chi connectivity index (χ3v) is 0. The first kappa shape index (κ1) is 15.6. The van der Waals surface area contributed by atoms with Gasteiger partial charge in [0.1, 0.15) is 0 Å². The minimum absolute atomic E-state index is 0. The Morgan fingerprint density at radius 3 is 1.60 bits per heavy atom. The summed E-state index contributed by atoms with van der Waals surface area (Å²) in [5.41, 5.74) is 0. The van der Waals surface area contributed by atoms with Gasteiger partial charge in [0.2, 0.25) is 0 Å². The monoisotopic (exact) mass is 110 g/mol. The number of hydrogen-bond acceptors (Lipinski definition) is 1. The maximum atomic E-state index is 9.82. The molecule has 5 heteroatoms. The van der Waals surface area contributed by atoms with Gasteiger partial charge in [0.05, 0.1) is 0 Å². The van der Waals surface area contributed by atoms with Crippen molar-refractivity contribution in [2.45, 2.75) is 0 Å². The fourth-order valence-corrected chi connectivity index (χ4v) is 0. The molecule has 0 fully saturated rings. The van der Waals surface area contributed by atoms with Crippen molar-refractivity contribution >= 4 is 85.9 Å². The van der Waals surface area contributed by atoms with Crippen LogP contribution >= 0.6 is 0 Å². The molecule has 0 aliphatic rings. The van der Waals surface area contributed by atoms with Crippen LogP contribution in [0, 0.1) is 0 Å². The molecule has 0 amide bonds. The van der Waals surface area contributed by atoms with Gasteiger partial charge in [-0.2, -0.15) is 0 Å². The van der Waals surface area contributed by atoms with Crippen molar-refractivity contribution in [1.29, 1.82) is 0 Å². The van der Waals surface area contributed by atoms with E-state index in [1.54, 1.807) is 0 Å². The Morgan fingerprint density at radius 1 is 1.60 bits per heavy atom. The molecule has 20 valence electrons. The van der Waals surface area contributed by atoms with Crippen LogP contribution in [-0.2, 0) is 3.80 Å². The Labute approximate surface area is 91.1 Å². The minimum atomic E-state index is -2.00. The van der Waals surface area contributed by atoms with E-state index in [2.05, 4.69) is 0 Å². The van der Waals surface area contributed by atoms with Gasteiger partial charge in [-0.1, -0.05) is 0 Å². The summed E-state index contributed by atoms with van der Waals surface area (Å²) in [7, 11) is 0. The van der Waals surface area contributed by atoms with Gasteiger partial charge in [-0.25, -0.2) is 0 Å². The summed E-state index contributed by atoms with van der Waals surface area (Å²) < 4.78 is 18.2. The van der Waals surface area contributed by atoms with Crippen molar-refractivity contribution < 1.29 is 7.33 Å². The second kappa shape index (κ2) is 16.1. The SMILES string of the molecule is [KH].[LiH].[O]=[Al][F]. The van der Waals surface area contributed by atoms with Gasteiger partial charge in [-0.15, -0.1) is 0 Å². The first-order valence-corrected chi connectivity index (χ1v) is 1.36. The predicted octanol–water partition coefficient (Wildman–Crippen LogP) is -1.38. The predicted molar refractivity (Wildman–Crippen MR) is 21.8 cm³/mol. The van der Waals surface area contributed by atoms with Crippen LogP contribution in [0.3, 0.4) is 0 Å². The Kier molecular flexibility index (Phi) is 50.2. The van der Waals surface area contributed by atoms with E-state index in [4.69, 9.17) is 3.80 Å². The third kappa shape index (κ3) is 21.1. The van der Waals surface area contributed by atoms with Gasteiger partial charge in [0.15, 0.2) is 0 Å². The molecule has 0 spiro atoms. The van der Waals surface area contributed by atoms with Crippen LogP contribution < -0.4 is 0 Å². The molecule has 0 bridgehead atoms. The quantitative estimate of drug-likeness (QED) is 0.351. The topological polar surface area (TPSA) is 17.1 Å². The maximum absolute atomic E-state index is 9.82. The van der Waals surface area contributed by atoms with Gasteiger partial charge >= 0.3 is 93.2 Å². The first-order chi connectivity index (χ1) is 1.41. The number of hydrogen-bond donors (Lipinski definition) is 0. The Hall–Kier alpha value is 2.50. The molecule has 0 saturated heterocycles. The van der Waals surface area contributed by atoms with Crippen molar-refractivity contribution in [2.24, 2.45) is 0 Å². The molecule has 0 N–H and O–H groups in total. The fraction of sp³-hybridized carbons (Fsp3) is 0. The molecule has 0 aliphatic heterocycles. The fourth-order valence-electron chi connectivity index (χ4n) is 0. The standard InChI is InChI=1S/Al.FH.K.Li.O.2H/h;1H;;;;;/q+1;;;;;;/p-1. The van der Waals surface area contributed by atoms with E-state index in [1.165, 1.54) is 0 Å². The zero-order chi connectivity index (χ0) is 2.71. The van der Waals surface area contributed by atoms with Crippen molar-refractivity contribution in [3.05, 3.63) is 0 Å². The first-order valence-electron chi connectivity index (χ1n) is 0.454. The van der Waals surface area contributed by atoms with Crippen molar-refractivity contribution in [2.75, 3.05) is 0 Å². The van der Waals surface area contributed by atoms with Crippen LogP contribution in [0.2, 0.25) is 0 Å². The third-order valence-electron chi connectivity index (χ3n) is 0. The van der Waals surface area contributed by atoms with Crippen molar-refractivity contribution in [3.8, 4) is 0 Å². The Bertz CT molecular complexity index is 19.1. The second-order valence-electron chi connectivity index (χ2n) is 0.0891. The normalized spacial score (nSPS) is 1.80. The summed E-state index contributed by atoms with van der Waals surface area (Å²) in [5, 5.41) is 0. The van der Waals surface area contributed by atoms with E-state index in [0.29, 0.717) is 0 Å². The molecular weight excluding hydrogens is 108 g/mol. The van der Waals surface area contributed by atoms with Crippen LogP contribution in [0.4, 0.5) is 3.52 Å². The molecule has 0 aromatic heterocycles. The Morgan fingerprint density at radius 2 is 1.60 bits per heavy atom. The average Bonchev–Trinajstić information content (AvgIpc) is 0.918. The van der Waals surface area contributed by atoms with E-state index in [1.807, 2.05) is 0 Å². The van der Waals surface area contributed by atoms with Gasteiger partial charge in [-0.3, -0.25) is 0 Å². The van der Waals surface area contributed by atoms with Crippen molar-refractivity contribution in [1.82, 2.24) is 0 Å². The summed E-state index contributed by atoms with van der Waals surface area (Å²) in [6.45, 7) is 0. The zero-order valence-electron chi connectivity index (χ0n) is 1.36. The molecular formula is H2AlFKLiO. The summed E-state index contributed by atoms with van der Waals surface area (Å²) in [5.74, 6) is 0. The van der Waals surface area contributed by atoms with Crippen LogP contribution in [0.1, 0.15) is 0 Å². The van der Waals surface area contributed by atoms with E-state index in [9.17, 15) is 3.52 Å². The molecule has 0 aromatic rings. The van der Waals surface area contributed by atoms with Crippen LogP contribution in [0.25, 0.3) is 0 Å². The molecule has 1 nitrogen and oxygen atoms in total. The summed E-state index contributed by atoms with van der Waals surface area (Å²) >= 11 is -2.00. The zero-order valence-corrected chi connectivity index (χ0v) is 2.52. The molecule has 5 heavy (non-hydrogen) atoms. The molecule has 0 heterocycles. The van der Waals surface area contributed by atoms with E-state index < -0.39 is 15.6 Å². The summed E-state index contributed by atoms with van der Waals surface area (Å²) in [4.78, 5) is 0. The van der Waals surface area contributed by atoms with Crippen LogP contribution in [0.5, 0.6) is 0 Å². The molecule has 0 unspecified atom stereocenters. The molecule has 0 rings (SSSR count). The van der Waals surface area contributed by atoms with Crippen LogP contribution in [-0.4, -0.2) is 85.9 Å². The molecule has 0 radical (unpaired) electrons. The molecule has 0 atom stereocenters. The average molecular weight is 110 g/mol. The van der Waals surface area contributed by atoms with Gasteiger partial charge in [-0.05, 0) is 0 Å². The van der Waals surface area contributed by atoms with Crippen LogP contribution in [0.15, 0.2) is 0 Å². The molecule has 0 aliphatic carbocycles. The van der Waals surface area contributed by atoms with Gasteiger partial charge < -0.3 is 0 Å². The van der Waals surface area contributed by atoms with Gasteiger partial charge in [0.25, 0.3) is 0 Å². The Balaban J connectivity index is -0.0000000200. The van der Waals surface area contributed by atoms with Gasteiger partial charge in [0, 0.05) is 0 Å². The van der Waals surface area contributed by atoms with E-state index in [0.717, 1.165) is 0 Å². The number of halogens is 1. The summed E-state index contributed by atoms with van der Waals surface area (Å²) in [6, 6.07) is 0. The number of rotatable bonds is 0. The summed E-state index contributed by atoms with van der Waals surface area (Å²) in [6.07, 6.45) is 0. The van der Waals surface area contributed by atoms with E-state index in [-0.39, 0.29) is 70.2 Å². The molecule has 0 aromatic carbocycles. The second-order valence-corrected chi connectivity index (χ2v) is 0.267. The van der Waals surface area contributed by atoms with Crippen molar-refractivity contribution in [3.63, 3.8) is 0 Å².